The van der Waals surface area contributed by atoms with Crippen LogP contribution in [0.5, 0.6) is 0 Å². The average Bonchev–Trinajstić information content (AvgIpc) is 2.12. The van der Waals surface area contributed by atoms with Gasteiger partial charge < -0.3 is 15.7 Å². The number of hydrogen-bond donors (Lipinski definition) is 3. The third kappa shape index (κ3) is 9.33. The predicted octanol–water partition coefficient (Wildman–Crippen LogP) is 0.486. The molecule has 0 fully saturated rings. The molecule has 0 atom stereocenters. The Bertz CT molecular complexity index is 194. The van der Waals surface area contributed by atoms with Crippen LogP contribution >= 0.6 is 0 Å². The Morgan fingerprint density at radius 3 is 2.47 bits per heavy atom. The molecule has 0 aromatic rings. The fourth-order valence-electron chi connectivity index (χ4n) is 0.811. The third-order valence-corrected chi connectivity index (χ3v) is 1.41. The van der Waals surface area contributed by atoms with Crippen LogP contribution in [0.1, 0.15) is 13.3 Å². The highest BCUT2D eigenvalue weighted by molar-refractivity contribution is 5.79. The second kappa shape index (κ2) is 7.33. The molecule has 7 heteroatoms. The van der Waals surface area contributed by atoms with Crippen molar-refractivity contribution in [2.75, 3.05) is 26.2 Å². The van der Waals surface area contributed by atoms with Gasteiger partial charge in [0.05, 0.1) is 19.6 Å². The summed E-state index contributed by atoms with van der Waals surface area (Å²) in [6.45, 7) is 2.22. The van der Waals surface area contributed by atoms with Crippen LogP contribution in [0, 0.1) is 0 Å². The Kier molecular flexibility index (Phi) is 6.85. The predicted molar refractivity (Wildman–Crippen MR) is 51.7 cm³/mol. The molecule has 0 rings (SSSR count). The van der Waals surface area contributed by atoms with Crippen LogP contribution in [-0.4, -0.2) is 43.5 Å². The van der Waals surface area contributed by atoms with Crippen LogP contribution in [0.4, 0.5) is 13.2 Å². The number of rotatable bonds is 5. The van der Waals surface area contributed by atoms with Gasteiger partial charge in [-0.2, -0.15) is 13.2 Å². The Morgan fingerprint density at radius 1 is 1.33 bits per heavy atom. The van der Waals surface area contributed by atoms with Crippen molar-refractivity contribution in [2.24, 2.45) is 4.99 Å². The van der Waals surface area contributed by atoms with E-state index in [1.54, 1.807) is 6.92 Å². The first-order valence-electron chi connectivity index (χ1n) is 4.69. The normalized spacial score (nSPS) is 12.7. The highest BCUT2D eigenvalue weighted by atomic mass is 19.4. The minimum Gasteiger partial charge on any atom is -0.395 e. The second-order valence-corrected chi connectivity index (χ2v) is 2.78. The molecule has 0 radical (unpaired) electrons. The molecule has 0 aromatic heterocycles. The summed E-state index contributed by atoms with van der Waals surface area (Å²) >= 11 is 0. The van der Waals surface area contributed by atoms with E-state index in [4.69, 9.17) is 5.11 Å². The molecule has 0 amide bonds. The molecular formula is C8H16F3N3O. The molecule has 15 heavy (non-hydrogen) atoms. The first kappa shape index (κ1) is 14.0. The van der Waals surface area contributed by atoms with E-state index in [9.17, 15) is 13.2 Å². The minimum absolute atomic E-state index is 0.0936. The molecule has 0 aliphatic rings. The minimum atomic E-state index is -4.18. The molecule has 0 unspecified atom stereocenters. The summed E-state index contributed by atoms with van der Waals surface area (Å²) in [6.07, 6.45) is -5.12. The van der Waals surface area contributed by atoms with Crippen molar-refractivity contribution in [1.29, 1.82) is 0 Å². The molecule has 0 bridgehead atoms. The van der Waals surface area contributed by atoms with Gasteiger partial charge in [-0.05, 0) is 6.92 Å². The number of hydrogen-bond acceptors (Lipinski definition) is 2. The van der Waals surface area contributed by atoms with E-state index in [0.29, 0.717) is 6.54 Å². The van der Waals surface area contributed by atoms with E-state index in [0.717, 1.165) is 0 Å². The van der Waals surface area contributed by atoms with Crippen molar-refractivity contribution in [3.63, 3.8) is 0 Å². The highest BCUT2D eigenvalue weighted by Gasteiger charge is 2.26. The zero-order valence-corrected chi connectivity index (χ0v) is 8.56. The third-order valence-electron chi connectivity index (χ3n) is 1.41. The van der Waals surface area contributed by atoms with E-state index in [1.807, 2.05) is 0 Å². The first-order chi connectivity index (χ1) is 6.99. The lowest BCUT2D eigenvalue weighted by Gasteiger charge is -2.10. The van der Waals surface area contributed by atoms with Gasteiger partial charge in [-0.3, -0.25) is 4.99 Å². The van der Waals surface area contributed by atoms with E-state index < -0.39 is 12.6 Å². The molecule has 3 N–H and O–H groups in total. The van der Waals surface area contributed by atoms with Crippen LogP contribution in [-0.2, 0) is 0 Å². The van der Waals surface area contributed by atoms with Crippen LogP contribution in [0.25, 0.3) is 0 Å². The standard InChI is InChI=1S/C8H16F3N3O/c1-2-12-7(14-5-6-15)13-4-3-8(9,10)11/h15H,2-6H2,1H3,(H2,12,13,14). The summed E-state index contributed by atoms with van der Waals surface area (Å²) in [4.78, 5) is 3.70. The Labute approximate surface area is 86.6 Å². The largest absolute Gasteiger partial charge is 0.395 e. The first-order valence-corrected chi connectivity index (χ1v) is 4.69. The molecule has 0 heterocycles. The van der Waals surface area contributed by atoms with E-state index in [2.05, 4.69) is 15.6 Å². The maximum Gasteiger partial charge on any atom is 0.390 e. The number of nitrogens with zero attached hydrogens (tertiary/aromatic N) is 1. The summed E-state index contributed by atoms with van der Waals surface area (Å²) in [5, 5.41) is 14.0. The van der Waals surface area contributed by atoms with Crippen molar-refractivity contribution in [3.8, 4) is 0 Å². The number of nitrogens with one attached hydrogen (secondary N) is 2. The van der Waals surface area contributed by atoms with Crippen LogP contribution in [0.2, 0.25) is 0 Å². The van der Waals surface area contributed by atoms with Gasteiger partial charge in [-0.15, -0.1) is 0 Å². The summed E-state index contributed by atoms with van der Waals surface area (Å²) in [5.74, 6) is 0.288. The molecule has 0 spiro atoms. The van der Waals surface area contributed by atoms with Gasteiger partial charge in [0, 0.05) is 13.1 Å². The van der Waals surface area contributed by atoms with Gasteiger partial charge in [0.25, 0.3) is 0 Å². The molecule has 90 valence electrons. The number of aliphatic imine (C=N–C) groups is 1. The number of halogens is 3. The quantitative estimate of drug-likeness (QED) is 0.473. The number of aliphatic hydroxyl groups excluding tert-OH is 1. The molecule has 0 aromatic carbocycles. The van der Waals surface area contributed by atoms with Crippen molar-refractivity contribution in [1.82, 2.24) is 10.6 Å². The summed E-state index contributed by atoms with van der Waals surface area (Å²) in [7, 11) is 0. The molecule has 0 aliphatic heterocycles. The topological polar surface area (TPSA) is 56.7 Å². The molecular weight excluding hydrogens is 211 g/mol. The molecule has 0 saturated heterocycles. The Balaban J connectivity index is 3.93. The number of guanidine groups is 1. The zero-order chi connectivity index (χ0) is 11.7. The summed E-state index contributed by atoms with van der Waals surface area (Å²) < 4.78 is 35.4. The Morgan fingerprint density at radius 2 is 2.00 bits per heavy atom. The van der Waals surface area contributed by atoms with Crippen molar-refractivity contribution in [2.45, 2.75) is 19.5 Å². The Hall–Kier alpha value is -0.980. The van der Waals surface area contributed by atoms with Gasteiger partial charge in [0.2, 0.25) is 0 Å². The van der Waals surface area contributed by atoms with Crippen molar-refractivity contribution >= 4 is 5.96 Å². The van der Waals surface area contributed by atoms with Gasteiger partial charge in [0.1, 0.15) is 0 Å². The van der Waals surface area contributed by atoms with Crippen molar-refractivity contribution in [3.05, 3.63) is 0 Å². The molecule has 0 aliphatic carbocycles. The van der Waals surface area contributed by atoms with E-state index in [-0.39, 0.29) is 25.7 Å². The lowest BCUT2D eigenvalue weighted by molar-refractivity contribution is -0.132. The van der Waals surface area contributed by atoms with Gasteiger partial charge in [0.15, 0.2) is 5.96 Å². The second-order valence-electron chi connectivity index (χ2n) is 2.78. The van der Waals surface area contributed by atoms with Gasteiger partial charge >= 0.3 is 6.18 Å². The van der Waals surface area contributed by atoms with Crippen LogP contribution < -0.4 is 10.6 Å². The number of alkyl halides is 3. The maximum absolute atomic E-state index is 11.8. The van der Waals surface area contributed by atoms with Crippen molar-refractivity contribution < 1.29 is 18.3 Å². The summed E-state index contributed by atoms with van der Waals surface area (Å²) in [5.41, 5.74) is 0. The maximum atomic E-state index is 11.8. The van der Waals surface area contributed by atoms with E-state index in [1.165, 1.54) is 0 Å². The SMILES string of the molecule is CCNC(=NCCC(F)(F)F)NCCO. The molecule has 0 saturated carbocycles. The van der Waals surface area contributed by atoms with E-state index >= 15 is 0 Å². The van der Waals surface area contributed by atoms with Crippen LogP contribution in [0.15, 0.2) is 4.99 Å². The van der Waals surface area contributed by atoms with Gasteiger partial charge in [-0.1, -0.05) is 0 Å². The summed E-state index contributed by atoms with van der Waals surface area (Å²) in [6, 6.07) is 0. The van der Waals surface area contributed by atoms with Crippen LogP contribution in [0.3, 0.4) is 0 Å². The highest BCUT2D eigenvalue weighted by Crippen LogP contribution is 2.18. The average molecular weight is 227 g/mol. The fourth-order valence-corrected chi connectivity index (χ4v) is 0.811. The smallest absolute Gasteiger partial charge is 0.390 e. The number of aliphatic hydroxyl groups is 1. The lowest BCUT2D eigenvalue weighted by atomic mass is 10.4. The molecule has 4 nitrogen and oxygen atoms in total. The van der Waals surface area contributed by atoms with Gasteiger partial charge in [-0.25, -0.2) is 0 Å². The zero-order valence-electron chi connectivity index (χ0n) is 8.56. The fraction of sp³-hybridized carbons (Fsp3) is 0.875. The lowest BCUT2D eigenvalue weighted by Crippen LogP contribution is -2.38. The monoisotopic (exact) mass is 227 g/mol.